The highest BCUT2D eigenvalue weighted by Gasteiger charge is 2.03. The molecule has 1 heterocycles. The Labute approximate surface area is 103 Å². The van der Waals surface area contributed by atoms with Crippen LogP contribution < -0.4 is 5.32 Å². The van der Waals surface area contributed by atoms with Crippen LogP contribution in [-0.4, -0.2) is 22.5 Å². The third-order valence-electron chi connectivity index (χ3n) is 2.64. The van der Waals surface area contributed by atoms with E-state index in [1.54, 1.807) is 0 Å². The molecule has 0 amide bonds. The summed E-state index contributed by atoms with van der Waals surface area (Å²) in [6.45, 7) is 7.45. The van der Waals surface area contributed by atoms with Crippen LogP contribution in [-0.2, 0) is 6.54 Å². The average molecular weight is 238 g/mol. The van der Waals surface area contributed by atoms with Crippen molar-refractivity contribution >= 4 is 11.8 Å². The van der Waals surface area contributed by atoms with Gasteiger partial charge in [0.2, 0.25) is 0 Å². The van der Waals surface area contributed by atoms with Crippen molar-refractivity contribution in [2.24, 2.45) is 0 Å². The van der Waals surface area contributed by atoms with Gasteiger partial charge < -0.3 is 5.32 Å². The SMILES string of the molecule is CCSCCC(C)NCc1ncccc1C. The minimum absolute atomic E-state index is 0.570. The number of nitrogens with one attached hydrogen (secondary N) is 1. The summed E-state index contributed by atoms with van der Waals surface area (Å²) in [5.41, 5.74) is 2.43. The Morgan fingerprint density at radius 1 is 1.50 bits per heavy atom. The molecule has 0 spiro atoms. The molecule has 2 nitrogen and oxygen atoms in total. The smallest absolute Gasteiger partial charge is 0.0570 e. The number of pyridine rings is 1. The van der Waals surface area contributed by atoms with E-state index in [0.29, 0.717) is 6.04 Å². The average Bonchev–Trinajstić information content (AvgIpc) is 2.28. The lowest BCUT2D eigenvalue weighted by Crippen LogP contribution is -2.26. The van der Waals surface area contributed by atoms with Gasteiger partial charge in [0.05, 0.1) is 5.69 Å². The van der Waals surface area contributed by atoms with Crippen molar-refractivity contribution in [3.63, 3.8) is 0 Å². The summed E-state index contributed by atoms with van der Waals surface area (Å²) in [6.07, 6.45) is 3.09. The second-order valence-electron chi connectivity index (χ2n) is 4.03. The minimum Gasteiger partial charge on any atom is -0.309 e. The summed E-state index contributed by atoms with van der Waals surface area (Å²) in [5.74, 6) is 2.46. The number of aromatic nitrogens is 1. The van der Waals surface area contributed by atoms with Gasteiger partial charge in [-0.15, -0.1) is 0 Å². The highest BCUT2D eigenvalue weighted by molar-refractivity contribution is 7.99. The zero-order valence-electron chi connectivity index (χ0n) is 10.5. The first kappa shape index (κ1) is 13.5. The summed E-state index contributed by atoms with van der Waals surface area (Å²) in [5, 5.41) is 3.52. The largest absolute Gasteiger partial charge is 0.309 e. The number of hydrogen-bond donors (Lipinski definition) is 1. The lowest BCUT2D eigenvalue weighted by molar-refractivity contribution is 0.531. The molecule has 16 heavy (non-hydrogen) atoms. The van der Waals surface area contributed by atoms with Crippen molar-refractivity contribution in [2.45, 2.75) is 39.8 Å². The first-order chi connectivity index (χ1) is 7.74. The third kappa shape index (κ3) is 4.99. The van der Waals surface area contributed by atoms with Gasteiger partial charge in [-0.3, -0.25) is 4.98 Å². The van der Waals surface area contributed by atoms with Crippen LogP contribution in [0, 0.1) is 6.92 Å². The van der Waals surface area contributed by atoms with E-state index in [-0.39, 0.29) is 0 Å². The summed E-state index contributed by atoms with van der Waals surface area (Å²) >= 11 is 2.01. The van der Waals surface area contributed by atoms with E-state index < -0.39 is 0 Å². The molecule has 0 aromatic carbocycles. The Kier molecular flexibility index (Phi) is 6.50. The Hall–Kier alpha value is -0.540. The van der Waals surface area contributed by atoms with E-state index in [1.165, 1.54) is 23.5 Å². The van der Waals surface area contributed by atoms with Gasteiger partial charge in [-0.1, -0.05) is 13.0 Å². The summed E-state index contributed by atoms with van der Waals surface area (Å²) in [7, 11) is 0. The molecule has 1 N–H and O–H groups in total. The quantitative estimate of drug-likeness (QED) is 0.739. The van der Waals surface area contributed by atoms with E-state index in [1.807, 2.05) is 24.0 Å². The zero-order chi connectivity index (χ0) is 11.8. The van der Waals surface area contributed by atoms with E-state index in [4.69, 9.17) is 0 Å². The molecule has 0 saturated heterocycles. The minimum atomic E-state index is 0.570. The molecular weight excluding hydrogens is 216 g/mol. The Balaban J connectivity index is 2.26. The van der Waals surface area contributed by atoms with E-state index in [9.17, 15) is 0 Å². The molecule has 3 heteroatoms. The molecule has 1 unspecified atom stereocenters. The molecule has 1 atom stereocenters. The van der Waals surface area contributed by atoms with Crippen molar-refractivity contribution < 1.29 is 0 Å². The molecule has 0 saturated carbocycles. The van der Waals surface area contributed by atoms with Gasteiger partial charge in [-0.25, -0.2) is 0 Å². The number of thioether (sulfide) groups is 1. The maximum Gasteiger partial charge on any atom is 0.0570 e. The van der Waals surface area contributed by atoms with Crippen LogP contribution in [0.4, 0.5) is 0 Å². The van der Waals surface area contributed by atoms with Crippen molar-refractivity contribution in [3.05, 3.63) is 29.6 Å². The van der Waals surface area contributed by atoms with Gasteiger partial charge in [0.25, 0.3) is 0 Å². The van der Waals surface area contributed by atoms with Crippen molar-refractivity contribution in [2.75, 3.05) is 11.5 Å². The second kappa shape index (κ2) is 7.69. The maximum absolute atomic E-state index is 4.38. The first-order valence-electron chi connectivity index (χ1n) is 5.95. The predicted octanol–water partition coefficient (Wildman–Crippen LogP) is 3.01. The topological polar surface area (TPSA) is 24.9 Å². The van der Waals surface area contributed by atoms with Crippen LogP contribution in [0.1, 0.15) is 31.5 Å². The second-order valence-corrected chi connectivity index (χ2v) is 5.43. The Morgan fingerprint density at radius 2 is 2.31 bits per heavy atom. The van der Waals surface area contributed by atoms with Crippen LogP contribution in [0.3, 0.4) is 0 Å². The summed E-state index contributed by atoms with van der Waals surface area (Å²) in [6, 6.07) is 4.67. The molecule has 0 aliphatic rings. The monoisotopic (exact) mass is 238 g/mol. The van der Waals surface area contributed by atoms with Gasteiger partial charge in [-0.2, -0.15) is 11.8 Å². The van der Waals surface area contributed by atoms with Crippen LogP contribution in [0.5, 0.6) is 0 Å². The van der Waals surface area contributed by atoms with Crippen molar-refractivity contribution in [1.29, 1.82) is 0 Å². The fourth-order valence-electron chi connectivity index (χ4n) is 1.48. The standard InChI is InChI=1S/C13H22N2S/c1-4-16-9-7-12(3)15-10-13-11(2)6-5-8-14-13/h5-6,8,12,15H,4,7,9-10H2,1-3H3. The number of nitrogens with zero attached hydrogens (tertiary/aromatic N) is 1. The zero-order valence-corrected chi connectivity index (χ0v) is 11.3. The van der Waals surface area contributed by atoms with Crippen LogP contribution in [0.2, 0.25) is 0 Å². The fourth-order valence-corrected chi connectivity index (χ4v) is 2.29. The Bertz CT molecular complexity index is 302. The molecule has 1 aromatic rings. The Morgan fingerprint density at radius 3 is 3.00 bits per heavy atom. The van der Waals surface area contributed by atoms with Gasteiger partial charge in [0.1, 0.15) is 0 Å². The molecule has 1 aromatic heterocycles. The molecule has 0 fully saturated rings. The molecule has 0 aliphatic heterocycles. The third-order valence-corrected chi connectivity index (χ3v) is 3.57. The molecule has 1 rings (SSSR count). The lowest BCUT2D eigenvalue weighted by Gasteiger charge is -2.13. The van der Waals surface area contributed by atoms with Crippen LogP contribution >= 0.6 is 11.8 Å². The maximum atomic E-state index is 4.38. The van der Waals surface area contributed by atoms with Crippen LogP contribution in [0.25, 0.3) is 0 Å². The molecule has 0 radical (unpaired) electrons. The first-order valence-corrected chi connectivity index (χ1v) is 7.11. The van der Waals surface area contributed by atoms with Gasteiger partial charge >= 0.3 is 0 Å². The molecular formula is C13H22N2S. The normalized spacial score (nSPS) is 12.7. The van der Waals surface area contributed by atoms with E-state index in [2.05, 4.69) is 37.1 Å². The predicted molar refractivity (Wildman–Crippen MR) is 72.9 cm³/mol. The van der Waals surface area contributed by atoms with Gasteiger partial charge in [0, 0.05) is 18.8 Å². The summed E-state index contributed by atoms with van der Waals surface area (Å²) < 4.78 is 0. The van der Waals surface area contributed by atoms with Crippen LogP contribution in [0.15, 0.2) is 18.3 Å². The fraction of sp³-hybridized carbons (Fsp3) is 0.615. The van der Waals surface area contributed by atoms with Gasteiger partial charge in [0.15, 0.2) is 0 Å². The molecule has 90 valence electrons. The molecule has 0 aliphatic carbocycles. The lowest BCUT2D eigenvalue weighted by atomic mass is 10.2. The van der Waals surface area contributed by atoms with E-state index >= 15 is 0 Å². The summed E-state index contributed by atoms with van der Waals surface area (Å²) in [4.78, 5) is 4.38. The number of aryl methyl sites for hydroxylation is 1. The number of hydrogen-bond acceptors (Lipinski definition) is 3. The molecule has 0 bridgehead atoms. The highest BCUT2D eigenvalue weighted by Crippen LogP contribution is 2.06. The van der Waals surface area contributed by atoms with Crippen molar-refractivity contribution in [3.8, 4) is 0 Å². The van der Waals surface area contributed by atoms with Gasteiger partial charge in [-0.05, 0) is 43.4 Å². The van der Waals surface area contributed by atoms with Crippen molar-refractivity contribution in [1.82, 2.24) is 10.3 Å². The van der Waals surface area contributed by atoms with E-state index in [0.717, 1.165) is 12.2 Å². The number of rotatable bonds is 7. The highest BCUT2D eigenvalue weighted by atomic mass is 32.2.